The van der Waals surface area contributed by atoms with E-state index in [9.17, 15) is 8.42 Å². The first kappa shape index (κ1) is 12.9. The second-order valence-electron chi connectivity index (χ2n) is 5.54. The summed E-state index contributed by atoms with van der Waals surface area (Å²) >= 11 is 0. The van der Waals surface area contributed by atoms with Crippen molar-refractivity contribution in [3.05, 3.63) is 18.3 Å². The lowest BCUT2D eigenvalue weighted by Gasteiger charge is -2.46. The van der Waals surface area contributed by atoms with E-state index in [1.165, 1.54) is 0 Å². The highest BCUT2D eigenvalue weighted by atomic mass is 32.2. The third kappa shape index (κ3) is 2.12. The largest absolute Gasteiger partial charge is 0.349 e. The Bertz CT molecular complexity index is 585. The molecule has 1 aromatic rings. The molecule has 0 aliphatic carbocycles. The highest BCUT2D eigenvalue weighted by molar-refractivity contribution is 7.91. The Morgan fingerprint density at radius 1 is 1.37 bits per heavy atom. The third-order valence-corrected chi connectivity index (χ3v) is 5.83. The van der Waals surface area contributed by atoms with Crippen LogP contribution in [-0.2, 0) is 9.84 Å². The average molecular weight is 281 g/mol. The van der Waals surface area contributed by atoms with Crippen LogP contribution < -0.4 is 4.90 Å². The Labute approximate surface area is 114 Å². The Balaban J connectivity index is 1.99. The van der Waals surface area contributed by atoms with Crippen molar-refractivity contribution < 1.29 is 8.42 Å². The van der Waals surface area contributed by atoms with Crippen LogP contribution in [0.2, 0.25) is 0 Å². The summed E-state index contributed by atoms with van der Waals surface area (Å²) in [5, 5.41) is 0. The van der Waals surface area contributed by atoms with Crippen LogP contribution in [-0.4, -0.2) is 55.8 Å². The van der Waals surface area contributed by atoms with Gasteiger partial charge >= 0.3 is 0 Å². The summed E-state index contributed by atoms with van der Waals surface area (Å²) in [6, 6.07) is 3.85. The van der Waals surface area contributed by atoms with E-state index in [1.807, 2.05) is 0 Å². The molecule has 0 N–H and O–H groups in total. The van der Waals surface area contributed by atoms with Crippen LogP contribution in [0.5, 0.6) is 0 Å². The zero-order valence-corrected chi connectivity index (χ0v) is 12.1. The molecule has 0 saturated carbocycles. The smallest absolute Gasteiger partial charge is 0.184 e. The molecule has 3 rings (SSSR count). The van der Waals surface area contributed by atoms with Crippen molar-refractivity contribution in [3.63, 3.8) is 0 Å². The zero-order valence-electron chi connectivity index (χ0n) is 11.3. The summed E-state index contributed by atoms with van der Waals surface area (Å²) in [6.07, 6.45) is 1.67. The molecular weight excluding hydrogens is 262 g/mol. The van der Waals surface area contributed by atoms with Gasteiger partial charge in [0.05, 0.1) is 11.8 Å². The molecule has 0 radical (unpaired) electrons. The van der Waals surface area contributed by atoms with Gasteiger partial charge in [-0.05, 0) is 26.0 Å². The van der Waals surface area contributed by atoms with Crippen molar-refractivity contribution in [2.24, 2.45) is 0 Å². The fourth-order valence-corrected chi connectivity index (χ4v) is 4.66. The minimum Gasteiger partial charge on any atom is -0.349 e. The van der Waals surface area contributed by atoms with Gasteiger partial charge in [-0.2, -0.15) is 0 Å². The standard InChI is InChI=1S/C13H19N3O2S/c1-10(2)15-6-7-16-11(8-15)9-19(17,18)12-4-3-5-14-13(12)16/h3-5,10-11H,6-9H2,1-2H3. The van der Waals surface area contributed by atoms with E-state index in [4.69, 9.17) is 0 Å². The predicted molar refractivity (Wildman–Crippen MR) is 74.1 cm³/mol. The molecule has 104 valence electrons. The summed E-state index contributed by atoms with van der Waals surface area (Å²) in [5.74, 6) is 0.844. The minimum atomic E-state index is -3.19. The summed E-state index contributed by atoms with van der Waals surface area (Å²) in [7, 11) is -3.19. The second kappa shape index (κ2) is 4.45. The van der Waals surface area contributed by atoms with Gasteiger partial charge in [0.1, 0.15) is 10.7 Å². The number of fused-ring (bicyclic) bond motifs is 3. The van der Waals surface area contributed by atoms with E-state index in [1.54, 1.807) is 18.3 Å². The fourth-order valence-electron chi connectivity index (χ4n) is 2.95. The van der Waals surface area contributed by atoms with E-state index in [0.717, 1.165) is 19.6 Å². The lowest BCUT2D eigenvalue weighted by atomic mass is 10.1. The van der Waals surface area contributed by atoms with Gasteiger partial charge in [-0.15, -0.1) is 0 Å². The molecular formula is C13H19N3O2S. The molecule has 0 bridgehead atoms. The molecule has 0 aromatic carbocycles. The van der Waals surface area contributed by atoms with Gasteiger partial charge in [0.25, 0.3) is 0 Å². The van der Waals surface area contributed by atoms with Crippen molar-refractivity contribution in [2.45, 2.75) is 30.8 Å². The molecule has 0 spiro atoms. The highest BCUT2D eigenvalue weighted by Gasteiger charge is 2.39. The van der Waals surface area contributed by atoms with Crippen LogP contribution in [0.3, 0.4) is 0 Å². The molecule has 1 saturated heterocycles. The Morgan fingerprint density at radius 3 is 2.89 bits per heavy atom. The maximum Gasteiger partial charge on any atom is 0.184 e. The van der Waals surface area contributed by atoms with Gasteiger partial charge in [-0.3, -0.25) is 4.90 Å². The van der Waals surface area contributed by atoms with Gasteiger partial charge in [0.15, 0.2) is 9.84 Å². The van der Waals surface area contributed by atoms with E-state index >= 15 is 0 Å². The van der Waals surface area contributed by atoms with Gasteiger partial charge in [0, 0.05) is 31.9 Å². The SMILES string of the molecule is CC(C)N1CCN2c3ncccc3S(=O)(=O)CC2C1. The lowest BCUT2D eigenvalue weighted by molar-refractivity contribution is 0.184. The summed E-state index contributed by atoms with van der Waals surface area (Å²) in [5.41, 5.74) is 0. The van der Waals surface area contributed by atoms with E-state index in [2.05, 4.69) is 28.6 Å². The van der Waals surface area contributed by atoms with Crippen LogP contribution in [0.25, 0.3) is 0 Å². The number of hydrogen-bond acceptors (Lipinski definition) is 5. The Hall–Kier alpha value is -1.14. The molecule has 1 unspecified atom stereocenters. The number of pyridine rings is 1. The Morgan fingerprint density at radius 2 is 2.16 bits per heavy atom. The van der Waals surface area contributed by atoms with E-state index in [-0.39, 0.29) is 11.8 Å². The van der Waals surface area contributed by atoms with Gasteiger partial charge < -0.3 is 4.90 Å². The molecule has 5 nitrogen and oxygen atoms in total. The maximum atomic E-state index is 12.3. The van der Waals surface area contributed by atoms with Crippen molar-refractivity contribution in [1.82, 2.24) is 9.88 Å². The van der Waals surface area contributed by atoms with Crippen LogP contribution in [0.15, 0.2) is 23.2 Å². The molecule has 1 fully saturated rings. The molecule has 2 aliphatic rings. The number of rotatable bonds is 1. The van der Waals surface area contributed by atoms with E-state index in [0.29, 0.717) is 16.8 Å². The van der Waals surface area contributed by atoms with Crippen molar-refractivity contribution >= 4 is 15.7 Å². The summed E-state index contributed by atoms with van der Waals surface area (Å²) < 4.78 is 24.6. The maximum absolute atomic E-state index is 12.3. The third-order valence-electron chi connectivity index (χ3n) is 4.01. The normalized spacial score (nSPS) is 26.1. The zero-order chi connectivity index (χ0) is 13.6. The summed E-state index contributed by atoms with van der Waals surface area (Å²) in [6.45, 7) is 6.91. The van der Waals surface area contributed by atoms with Crippen LogP contribution in [0, 0.1) is 0 Å². The van der Waals surface area contributed by atoms with Crippen molar-refractivity contribution in [1.29, 1.82) is 0 Å². The molecule has 3 heterocycles. The van der Waals surface area contributed by atoms with Gasteiger partial charge in [0.2, 0.25) is 0 Å². The molecule has 6 heteroatoms. The first-order valence-electron chi connectivity index (χ1n) is 6.67. The molecule has 2 aliphatic heterocycles. The van der Waals surface area contributed by atoms with Crippen molar-refractivity contribution in [2.75, 3.05) is 30.3 Å². The van der Waals surface area contributed by atoms with E-state index < -0.39 is 9.84 Å². The van der Waals surface area contributed by atoms with Crippen LogP contribution >= 0.6 is 0 Å². The van der Waals surface area contributed by atoms with Crippen LogP contribution in [0.4, 0.5) is 5.82 Å². The van der Waals surface area contributed by atoms with Crippen molar-refractivity contribution in [3.8, 4) is 0 Å². The second-order valence-corrected chi connectivity index (χ2v) is 7.55. The quantitative estimate of drug-likeness (QED) is 0.761. The number of aromatic nitrogens is 1. The molecule has 1 atom stereocenters. The van der Waals surface area contributed by atoms with Gasteiger partial charge in [-0.25, -0.2) is 13.4 Å². The molecule has 19 heavy (non-hydrogen) atoms. The minimum absolute atomic E-state index is 0.0311. The number of hydrogen-bond donors (Lipinski definition) is 0. The number of piperazine rings is 1. The number of sulfone groups is 1. The van der Waals surface area contributed by atoms with Gasteiger partial charge in [-0.1, -0.05) is 0 Å². The average Bonchev–Trinajstić information content (AvgIpc) is 2.37. The fraction of sp³-hybridized carbons (Fsp3) is 0.615. The first-order valence-corrected chi connectivity index (χ1v) is 8.33. The molecule has 1 aromatic heterocycles. The molecule has 0 amide bonds. The van der Waals surface area contributed by atoms with Crippen LogP contribution in [0.1, 0.15) is 13.8 Å². The predicted octanol–water partition coefficient (Wildman–Crippen LogP) is 0.768. The summed E-state index contributed by atoms with van der Waals surface area (Å²) in [4.78, 5) is 9.19. The Kier molecular flexibility index (Phi) is 3.02. The topological polar surface area (TPSA) is 53.5 Å². The lowest BCUT2D eigenvalue weighted by Crippen LogP contribution is -2.59. The monoisotopic (exact) mass is 281 g/mol. The first-order chi connectivity index (χ1) is 8.99. The highest BCUT2D eigenvalue weighted by Crippen LogP contribution is 2.33. The number of anilines is 1. The number of nitrogens with zero attached hydrogens (tertiary/aromatic N) is 3.